The van der Waals surface area contributed by atoms with E-state index in [1.165, 1.54) is 6.42 Å². The molecule has 6 nitrogen and oxygen atoms in total. The summed E-state index contributed by atoms with van der Waals surface area (Å²) in [6.45, 7) is 9.19. The highest BCUT2D eigenvalue weighted by molar-refractivity contribution is 5.77. The largest absolute Gasteiger partial charge is 0.495 e. The second-order valence-corrected chi connectivity index (χ2v) is 11.0. The van der Waals surface area contributed by atoms with Crippen LogP contribution in [0.25, 0.3) is 0 Å². The van der Waals surface area contributed by atoms with E-state index in [1.54, 1.807) is 7.11 Å². The van der Waals surface area contributed by atoms with Gasteiger partial charge in [0.05, 0.1) is 24.3 Å². The van der Waals surface area contributed by atoms with Crippen molar-refractivity contribution in [3.63, 3.8) is 0 Å². The standard InChI is InChI=1S/C26H36N2O4/c1-17-8-9-20-18(23(29)31-26(20)19(17)10-11-25(2)24(26)32-25)16-27-12-14-28(15-13-27)21-6-4-5-7-22(21)30-3/h4-7,17-20,24H,8-16H2,1-3H3/t17-,18+,19-,20-,24+,25-,26+/m1/s1. The molecule has 1 aromatic rings. The fourth-order valence-corrected chi connectivity index (χ4v) is 7.60. The van der Waals surface area contributed by atoms with Gasteiger partial charge in [-0.3, -0.25) is 9.69 Å². The van der Waals surface area contributed by atoms with E-state index in [-0.39, 0.29) is 29.2 Å². The van der Waals surface area contributed by atoms with Crippen LogP contribution in [0.2, 0.25) is 0 Å². The Morgan fingerprint density at radius 3 is 2.66 bits per heavy atom. The zero-order valence-corrected chi connectivity index (χ0v) is 19.6. The first-order chi connectivity index (χ1) is 15.5. The van der Waals surface area contributed by atoms with Crippen LogP contribution in [0.1, 0.15) is 39.5 Å². The molecular formula is C26H36N2O4. The molecule has 174 valence electrons. The van der Waals surface area contributed by atoms with Crippen molar-refractivity contribution in [2.24, 2.45) is 23.7 Å². The molecule has 3 saturated heterocycles. The van der Waals surface area contributed by atoms with Crippen LogP contribution < -0.4 is 9.64 Å². The summed E-state index contributed by atoms with van der Waals surface area (Å²) in [6.07, 6.45) is 4.63. The normalized spacial score (nSPS) is 43.2. The number of methoxy groups -OCH3 is 1. The Hall–Kier alpha value is -1.79. The van der Waals surface area contributed by atoms with Crippen molar-refractivity contribution in [3.8, 4) is 5.75 Å². The minimum Gasteiger partial charge on any atom is -0.495 e. The van der Waals surface area contributed by atoms with Gasteiger partial charge < -0.3 is 19.1 Å². The van der Waals surface area contributed by atoms with Crippen molar-refractivity contribution >= 4 is 11.7 Å². The lowest BCUT2D eigenvalue weighted by molar-refractivity contribution is -0.168. The topological polar surface area (TPSA) is 54.5 Å². The third-order valence-electron chi connectivity index (χ3n) is 9.34. The number of benzene rings is 1. The van der Waals surface area contributed by atoms with Gasteiger partial charge in [0.2, 0.25) is 0 Å². The fraction of sp³-hybridized carbons (Fsp3) is 0.731. The van der Waals surface area contributed by atoms with E-state index in [9.17, 15) is 4.79 Å². The minimum atomic E-state index is -0.369. The Balaban J connectivity index is 1.17. The fourth-order valence-electron chi connectivity index (χ4n) is 7.60. The van der Waals surface area contributed by atoms with Crippen LogP contribution in [0.3, 0.4) is 0 Å². The summed E-state index contributed by atoms with van der Waals surface area (Å²) in [6, 6.07) is 8.23. The molecule has 3 heterocycles. The van der Waals surface area contributed by atoms with Gasteiger partial charge in [0.1, 0.15) is 17.5 Å². The molecule has 6 heteroatoms. The Morgan fingerprint density at radius 1 is 1.09 bits per heavy atom. The molecule has 2 aliphatic carbocycles. The van der Waals surface area contributed by atoms with Gasteiger partial charge in [-0.25, -0.2) is 0 Å². The minimum absolute atomic E-state index is 0.0191. The molecule has 0 bridgehead atoms. The average Bonchev–Trinajstić information content (AvgIpc) is 3.44. The van der Waals surface area contributed by atoms with Gasteiger partial charge in [0, 0.05) is 44.6 Å². The second-order valence-electron chi connectivity index (χ2n) is 11.0. The van der Waals surface area contributed by atoms with Gasteiger partial charge >= 0.3 is 5.97 Å². The SMILES string of the molecule is COc1ccccc1N1CCN(C[C@@H]2C(=O)O[C@]34[C@H](CC[C@@]5(C)O[C@H]35)[C@H](C)CC[C@H]24)CC1. The number of ether oxygens (including phenoxy) is 3. The number of fused-ring (bicyclic) bond motifs is 1. The lowest BCUT2D eigenvalue weighted by atomic mass is 9.55. The zero-order chi connectivity index (χ0) is 22.1. The predicted molar refractivity (Wildman–Crippen MR) is 122 cm³/mol. The van der Waals surface area contributed by atoms with Crippen LogP contribution in [0.15, 0.2) is 24.3 Å². The molecule has 0 aromatic heterocycles. The Morgan fingerprint density at radius 2 is 1.88 bits per heavy atom. The smallest absolute Gasteiger partial charge is 0.311 e. The summed E-state index contributed by atoms with van der Waals surface area (Å²) < 4.78 is 18.2. The number of hydrogen-bond acceptors (Lipinski definition) is 6. The van der Waals surface area contributed by atoms with E-state index in [1.807, 2.05) is 12.1 Å². The number of carbonyl (C=O) groups is 1. The number of para-hydroxylation sites is 2. The molecule has 5 aliphatic rings. The number of piperazine rings is 1. The average molecular weight is 441 g/mol. The molecule has 1 spiro atoms. The van der Waals surface area contributed by atoms with Crippen molar-refractivity contribution < 1.29 is 19.0 Å². The molecule has 0 radical (unpaired) electrons. The van der Waals surface area contributed by atoms with E-state index in [4.69, 9.17) is 14.2 Å². The van der Waals surface area contributed by atoms with Gasteiger partial charge in [-0.2, -0.15) is 0 Å². The van der Waals surface area contributed by atoms with Crippen molar-refractivity contribution in [1.29, 1.82) is 0 Å². The number of carbonyl (C=O) groups excluding carboxylic acids is 1. The maximum absolute atomic E-state index is 13.3. The number of hydrogen-bond donors (Lipinski definition) is 0. The van der Waals surface area contributed by atoms with Crippen LogP contribution in [0, 0.1) is 23.7 Å². The van der Waals surface area contributed by atoms with E-state index < -0.39 is 0 Å². The molecule has 0 unspecified atom stereocenters. The monoisotopic (exact) mass is 440 g/mol. The first kappa shape index (κ1) is 20.8. The quantitative estimate of drug-likeness (QED) is 0.529. The Bertz CT molecular complexity index is 900. The summed E-state index contributed by atoms with van der Waals surface area (Å²) in [5.41, 5.74) is 0.720. The van der Waals surface area contributed by atoms with Crippen LogP contribution >= 0.6 is 0 Å². The summed E-state index contributed by atoms with van der Waals surface area (Å²) in [7, 11) is 1.73. The molecule has 6 rings (SSSR count). The van der Waals surface area contributed by atoms with Crippen LogP contribution in [0.4, 0.5) is 5.69 Å². The van der Waals surface area contributed by atoms with Crippen LogP contribution in [0.5, 0.6) is 5.75 Å². The number of rotatable bonds is 4. The summed E-state index contributed by atoms with van der Waals surface area (Å²) in [4.78, 5) is 18.1. The van der Waals surface area contributed by atoms with E-state index in [2.05, 4.69) is 35.8 Å². The van der Waals surface area contributed by atoms with Gasteiger partial charge in [0.25, 0.3) is 0 Å². The van der Waals surface area contributed by atoms with Crippen molar-refractivity contribution in [3.05, 3.63) is 24.3 Å². The molecule has 1 aromatic carbocycles. The molecule has 2 saturated carbocycles. The van der Waals surface area contributed by atoms with Gasteiger partial charge in [-0.05, 0) is 50.7 Å². The third kappa shape index (κ3) is 2.95. The highest BCUT2D eigenvalue weighted by Crippen LogP contribution is 2.66. The summed E-state index contributed by atoms with van der Waals surface area (Å²) in [5.74, 6) is 2.30. The summed E-state index contributed by atoms with van der Waals surface area (Å²) in [5, 5.41) is 0. The molecule has 32 heavy (non-hydrogen) atoms. The van der Waals surface area contributed by atoms with Gasteiger partial charge in [-0.15, -0.1) is 0 Å². The molecular weight excluding hydrogens is 404 g/mol. The van der Waals surface area contributed by atoms with Gasteiger partial charge in [0.15, 0.2) is 0 Å². The maximum Gasteiger partial charge on any atom is 0.311 e. The summed E-state index contributed by atoms with van der Waals surface area (Å²) >= 11 is 0. The van der Waals surface area contributed by atoms with Crippen molar-refractivity contribution in [2.75, 3.05) is 44.7 Å². The second kappa shape index (κ2) is 7.36. The molecule has 3 aliphatic heterocycles. The first-order valence-corrected chi connectivity index (χ1v) is 12.5. The number of epoxide rings is 1. The van der Waals surface area contributed by atoms with E-state index in [0.717, 1.165) is 63.4 Å². The lowest BCUT2D eigenvalue weighted by Gasteiger charge is -2.50. The number of nitrogens with zero attached hydrogens (tertiary/aromatic N) is 2. The first-order valence-electron chi connectivity index (χ1n) is 12.5. The predicted octanol–water partition coefficient (Wildman–Crippen LogP) is 3.34. The Kier molecular flexibility index (Phi) is 4.78. The van der Waals surface area contributed by atoms with Crippen molar-refractivity contribution in [2.45, 2.75) is 56.8 Å². The van der Waals surface area contributed by atoms with Gasteiger partial charge in [-0.1, -0.05) is 19.1 Å². The zero-order valence-electron chi connectivity index (χ0n) is 19.6. The lowest BCUT2D eigenvalue weighted by Crippen LogP contribution is -2.58. The van der Waals surface area contributed by atoms with Crippen LogP contribution in [-0.4, -0.2) is 68.0 Å². The molecule has 7 atom stereocenters. The van der Waals surface area contributed by atoms with E-state index in [0.29, 0.717) is 17.8 Å². The third-order valence-corrected chi connectivity index (χ3v) is 9.34. The molecule has 0 N–H and O–H groups in total. The number of anilines is 1. The van der Waals surface area contributed by atoms with Crippen LogP contribution in [-0.2, 0) is 14.3 Å². The number of esters is 1. The molecule has 0 amide bonds. The maximum atomic E-state index is 13.3. The highest BCUT2D eigenvalue weighted by Gasteiger charge is 2.77. The molecule has 5 fully saturated rings. The van der Waals surface area contributed by atoms with Crippen molar-refractivity contribution in [1.82, 2.24) is 4.90 Å². The highest BCUT2D eigenvalue weighted by atomic mass is 16.7. The van der Waals surface area contributed by atoms with E-state index >= 15 is 0 Å². The Labute approximate surface area is 191 Å².